The van der Waals surface area contributed by atoms with Crippen molar-refractivity contribution in [2.45, 2.75) is 93.0 Å². The molecule has 0 aromatic heterocycles. The smallest absolute Gasteiger partial charge is 0.408 e. The van der Waals surface area contributed by atoms with Crippen molar-refractivity contribution >= 4 is 25.6 Å². The molecule has 1 N–H and O–H groups in total. The first-order chi connectivity index (χ1) is 15.1. The monoisotopic (exact) mass is 481 g/mol. The molecule has 0 bridgehead atoms. The highest BCUT2D eigenvalue weighted by molar-refractivity contribution is 7.59. The predicted molar refractivity (Wildman–Crippen MR) is 144 cm³/mol. The Hall–Kier alpha value is -1.95. The number of ether oxygens (including phenoxy) is 2. The topological polar surface area (TPSA) is 64.6 Å². The summed E-state index contributed by atoms with van der Waals surface area (Å²) in [7, 11) is 1.30. The molecular weight excluding hydrogens is 434 g/mol. The second kappa shape index (κ2) is 19.5. The minimum absolute atomic E-state index is 0. The Kier molecular flexibility index (Phi) is 19.6. The van der Waals surface area contributed by atoms with Crippen LogP contribution in [-0.4, -0.2) is 31.8 Å². The number of esters is 1. The van der Waals surface area contributed by atoms with Gasteiger partial charge in [0, 0.05) is 0 Å². The third-order valence-electron chi connectivity index (χ3n) is 5.20. The van der Waals surface area contributed by atoms with Crippen LogP contribution in [0.5, 0.6) is 0 Å². The fourth-order valence-electron chi connectivity index (χ4n) is 3.04. The maximum atomic E-state index is 11.9. The maximum Gasteiger partial charge on any atom is 0.408 e. The summed E-state index contributed by atoms with van der Waals surface area (Å²) in [5, 5.41) is 2.56. The zero-order valence-corrected chi connectivity index (χ0v) is 23.0. The van der Waals surface area contributed by atoms with E-state index in [1.807, 2.05) is 26.8 Å². The van der Waals surface area contributed by atoms with E-state index in [-0.39, 0.29) is 26.0 Å². The molecule has 0 aromatic rings. The molecule has 0 heterocycles. The average molecular weight is 482 g/mol. The van der Waals surface area contributed by atoms with Gasteiger partial charge >= 0.3 is 12.1 Å². The van der Waals surface area contributed by atoms with Gasteiger partial charge in [-0.1, -0.05) is 54.4 Å². The molecule has 1 atom stereocenters. The van der Waals surface area contributed by atoms with Gasteiger partial charge in [-0.25, -0.2) is 9.59 Å². The molecule has 0 aliphatic rings. The first-order valence-electron chi connectivity index (χ1n) is 11.7. The van der Waals surface area contributed by atoms with Gasteiger partial charge in [-0.05, 0) is 85.1 Å². The number of amides is 1. The number of alkyl carbamates (subject to hydrolysis) is 1. The molecule has 6 heteroatoms. The third kappa shape index (κ3) is 18.2. The number of rotatable bonds is 14. The summed E-state index contributed by atoms with van der Waals surface area (Å²) in [5.41, 5.74) is 5.42. The highest BCUT2D eigenvalue weighted by atomic mass is 32.1. The van der Waals surface area contributed by atoms with Crippen LogP contribution in [0.2, 0.25) is 0 Å². The SMILES string of the molecule is COC(=O)C(NC(=O)OC/C=C(\C)CC/C=C(\C)CC/C=C(\C)CCC=C(C)C)C(C)C.S. The molecule has 0 spiro atoms. The van der Waals surface area contributed by atoms with Crippen LogP contribution in [0.4, 0.5) is 4.79 Å². The van der Waals surface area contributed by atoms with E-state index in [0.717, 1.165) is 38.5 Å². The van der Waals surface area contributed by atoms with Crippen LogP contribution in [0.3, 0.4) is 0 Å². The van der Waals surface area contributed by atoms with Gasteiger partial charge < -0.3 is 14.8 Å². The fourth-order valence-corrected chi connectivity index (χ4v) is 3.04. The summed E-state index contributed by atoms with van der Waals surface area (Å²) in [6, 6.07) is -0.707. The Bertz CT molecular complexity index is 701. The lowest BCUT2D eigenvalue weighted by atomic mass is 10.0. The van der Waals surface area contributed by atoms with Gasteiger partial charge in [-0.2, -0.15) is 13.5 Å². The average Bonchev–Trinajstić information content (AvgIpc) is 2.71. The lowest BCUT2D eigenvalue weighted by Crippen LogP contribution is -2.45. The number of allylic oxidation sites excluding steroid dienone is 7. The molecule has 0 aromatic carbocycles. The lowest BCUT2D eigenvalue weighted by Gasteiger charge is -2.19. The Morgan fingerprint density at radius 2 is 1.24 bits per heavy atom. The van der Waals surface area contributed by atoms with Gasteiger partial charge in [0.1, 0.15) is 12.6 Å². The second-order valence-corrected chi connectivity index (χ2v) is 9.04. The first-order valence-corrected chi connectivity index (χ1v) is 11.7. The van der Waals surface area contributed by atoms with Crippen molar-refractivity contribution in [2.24, 2.45) is 5.92 Å². The van der Waals surface area contributed by atoms with E-state index in [2.05, 4.69) is 51.2 Å². The van der Waals surface area contributed by atoms with Crippen LogP contribution in [0.25, 0.3) is 0 Å². The van der Waals surface area contributed by atoms with Crippen molar-refractivity contribution in [2.75, 3.05) is 13.7 Å². The van der Waals surface area contributed by atoms with Crippen molar-refractivity contribution in [3.05, 3.63) is 46.6 Å². The zero-order chi connectivity index (χ0) is 24.5. The van der Waals surface area contributed by atoms with Crippen molar-refractivity contribution in [1.82, 2.24) is 5.32 Å². The molecule has 1 unspecified atom stereocenters. The summed E-state index contributed by atoms with van der Waals surface area (Å²) in [6.07, 6.45) is 14.6. The number of carbonyl (C=O) groups excluding carboxylic acids is 2. The van der Waals surface area contributed by atoms with Crippen molar-refractivity contribution in [3.8, 4) is 0 Å². The lowest BCUT2D eigenvalue weighted by molar-refractivity contribution is -0.144. The zero-order valence-electron chi connectivity index (χ0n) is 22.0. The van der Waals surface area contributed by atoms with E-state index in [0.29, 0.717) is 0 Å². The largest absolute Gasteiger partial charge is 0.467 e. The molecule has 0 aliphatic carbocycles. The standard InChI is InChI=1S/C27H45NO4.H2S/c1-20(2)12-9-13-22(5)14-10-15-23(6)16-11-17-24(7)18-19-32-27(30)28-25(21(3)4)26(29)31-8;/h12,14,16,18,21,25H,9-11,13,15,17,19H2,1-8H3,(H,28,30);1H2/b22-14+,23-16+,24-18+;. The third-order valence-corrected chi connectivity index (χ3v) is 5.20. The van der Waals surface area contributed by atoms with E-state index in [1.54, 1.807) is 0 Å². The molecule has 0 radical (unpaired) electrons. The summed E-state index contributed by atoms with van der Waals surface area (Å²) >= 11 is 0. The van der Waals surface area contributed by atoms with Crippen molar-refractivity contribution in [1.29, 1.82) is 0 Å². The molecule has 190 valence electrons. The maximum absolute atomic E-state index is 11.9. The molecule has 33 heavy (non-hydrogen) atoms. The molecular formula is C27H47NO4S. The van der Waals surface area contributed by atoms with Gasteiger partial charge in [0.2, 0.25) is 0 Å². The molecule has 0 fully saturated rings. The normalized spacial score (nSPS) is 13.2. The minimum Gasteiger partial charge on any atom is -0.467 e. The molecule has 5 nitrogen and oxygen atoms in total. The number of carbonyl (C=O) groups is 2. The van der Waals surface area contributed by atoms with Crippen LogP contribution in [0, 0.1) is 5.92 Å². The summed E-state index contributed by atoms with van der Waals surface area (Å²) in [4.78, 5) is 23.6. The van der Waals surface area contributed by atoms with E-state index >= 15 is 0 Å². The van der Waals surface area contributed by atoms with Crippen molar-refractivity contribution < 1.29 is 19.1 Å². The van der Waals surface area contributed by atoms with E-state index < -0.39 is 18.1 Å². The quantitative estimate of drug-likeness (QED) is 0.211. The Morgan fingerprint density at radius 3 is 1.67 bits per heavy atom. The Balaban J connectivity index is 0. The number of hydrogen-bond acceptors (Lipinski definition) is 4. The number of nitrogens with one attached hydrogen (secondary N) is 1. The van der Waals surface area contributed by atoms with Gasteiger partial charge in [0.25, 0.3) is 0 Å². The van der Waals surface area contributed by atoms with Crippen LogP contribution in [0.15, 0.2) is 46.6 Å². The summed E-state index contributed by atoms with van der Waals surface area (Å²) < 4.78 is 9.88. The molecule has 0 saturated carbocycles. The van der Waals surface area contributed by atoms with Crippen molar-refractivity contribution in [3.63, 3.8) is 0 Å². The van der Waals surface area contributed by atoms with E-state index in [1.165, 1.54) is 29.4 Å². The van der Waals surface area contributed by atoms with E-state index in [4.69, 9.17) is 9.47 Å². The second-order valence-electron chi connectivity index (χ2n) is 9.04. The predicted octanol–water partition coefficient (Wildman–Crippen LogP) is 7.17. The van der Waals surface area contributed by atoms with E-state index in [9.17, 15) is 9.59 Å². The van der Waals surface area contributed by atoms with Gasteiger partial charge in [-0.15, -0.1) is 0 Å². The first kappa shape index (κ1) is 33.2. The molecule has 0 aliphatic heterocycles. The fraction of sp³-hybridized carbons (Fsp3) is 0.630. The summed E-state index contributed by atoms with van der Waals surface area (Å²) in [6.45, 7) is 14.6. The number of methoxy groups -OCH3 is 1. The Labute approximate surface area is 209 Å². The molecule has 0 rings (SSSR count). The number of hydrogen-bond donors (Lipinski definition) is 1. The molecule has 0 saturated heterocycles. The van der Waals surface area contributed by atoms with Crippen LogP contribution >= 0.6 is 13.5 Å². The van der Waals surface area contributed by atoms with Gasteiger partial charge in [0.15, 0.2) is 0 Å². The minimum atomic E-state index is -0.707. The van der Waals surface area contributed by atoms with Gasteiger partial charge in [-0.3, -0.25) is 0 Å². The highest BCUT2D eigenvalue weighted by Gasteiger charge is 2.25. The van der Waals surface area contributed by atoms with Crippen LogP contribution in [-0.2, 0) is 14.3 Å². The summed E-state index contributed by atoms with van der Waals surface area (Å²) in [5.74, 6) is -0.551. The molecule has 1 amide bonds. The Morgan fingerprint density at radius 1 is 0.788 bits per heavy atom. The highest BCUT2D eigenvalue weighted by Crippen LogP contribution is 2.13. The van der Waals surface area contributed by atoms with Crippen LogP contribution in [0.1, 0.15) is 87.0 Å². The van der Waals surface area contributed by atoms with Gasteiger partial charge in [0.05, 0.1) is 7.11 Å². The van der Waals surface area contributed by atoms with Crippen LogP contribution < -0.4 is 5.32 Å².